The summed E-state index contributed by atoms with van der Waals surface area (Å²) in [6.07, 6.45) is 0.398. The van der Waals surface area contributed by atoms with Crippen LogP contribution in [0, 0.1) is 0 Å². The minimum absolute atomic E-state index is 0.0215. The van der Waals surface area contributed by atoms with E-state index in [1.54, 1.807) is 13.8 Å². The third kappa shape index (κ3) is 13.0. The molecule has 0 aliphatic carbocycles. The van der Waals surface area contributed by atoms with Crippen LogP contribution in [0.4, 0.5) is 0 Å². The third-order valence-electron chi connectivity index (χ3n) is 2.62. The molecule has 0 radical (unpaired) electrons. The molecule has 0 aliphatic rings. The van der Waals surface area contributed by atoms with Crippen molar-refractivity contribution in [2.75, 3.05) is 25.5 Å². The van der Waals surface area contributed by atoms with E-state index in [2.05, 4.69) is 5.32 Å². The maximum atomic E-state index is 11.8. The van der Waals surface area contributed by atoms with Gasteiger partial charge in [0, 0.05) is 25.1 Å². The Bertz CT molecular complexity index is 439. The fraction of sp³-hybridized carbons (Fsp3) is 0.929. The van der Waals surface area contributed by atoms with E-state index in [0.717, 1.165) is 0 Å². The molecule has 0 atom stereocenters. The molecule has 0 amide bonds. The second-order valence-corrected chi connectivity index (χ2v) is 8.57. The van der Waals surface area contributed by atoms with E-state index < -0.39 is 21.7 Å². The zero-order valence-corrected chi connectivity index (χ0v) is 15.0. The molecular formula is C14H29NO6S. The predicted octanol–water partition coefficient (Wildman–Crippen LogP) is 1.38. The highest BCUT2D eigenvalue weighted by Crippen LogP contribution is 2.12. The Morgan fingerprint density at radius 1 is 1.18 bits per heavy atom. The Hall–Kier alpha value is -0.700. The summed E-state index contributed by atoms with van der Waals surface area (Å²) in [6, 6.07) is 0. The van der Waals surface area contributed by atoms with E-state index in [9.17, 15) is 13.2 Å². The molecule has 0 aromatic heterocycles. The van der Waals surface area contributed by atoms with Crippen LogP contribution in [-0.4, -0.2) is 56.1 Å². The van der Waals surface area contributed by atoms with E-state index in [-0.39, 0.29) is 30.9 Å². The van der Waals surface area contributed by atoms with E-state index >= 15 is 0 Å². The lowest BCUT2D eigenvalue weighted by Crippen LogP contribution is -2.39. The molecular weight excluding hydrogens is 310 g/mol. The first-order chi connectivity index (χ1) is 9.83. The molecule has 2 N–H and O–H groups in total. The number of carboxylic acids is 1. The van der Waals surface area contributed by atoms with Crippen molar-refractivity contribution in [3.05, 3.63) is 0 Å². The molecule has 22 heavy (non-hydrogen) atoms. The van der Waals surface area contributed by atoms with Crippen molar-refractivity contribution in [3.63, 3.8) is 0 Å². The summed E-state index contributed by atoms with van der Waals surface area (Å²) in [5, 5.41) is 11.6. The molecule has 0 fully saturated rings. The summed E-state index contributed by atoms with van der Waals surface area (Å²) < 4.78 is 34.0. The highest BCUT2D eigenvalue weighted by atomic mass is 32.2. The highest BCUT2D eigenvalue weighted by molar-refractivity contribution is 7.86. The fourth-order valence-electron chi connectivity index (χ4n) is 1.46. The van der Waals surface area contributed by atoms with Gasteiger partial charge in [0.05, 0.1) is 18.0 Å². The van der Waals surface area contributed by atoms with E-state index in [1.165, 1.54) is 0 Å². The first-order valence-electron chi connectivity index (χ1n) is 7.31. The summed E-state index contributed by atoms with van der Waals surface area (Å²) in [7, 11) is -3.62. The zero-order chi connectivity index (χ0) is 17.4. The van der Waals surface area contributed by atoms with E-state index in [0.29, 0.717) is 13.0 Å². The van der Waals surface area contributed by atoms with Crippen LogP contribution in [0.15, 0.2) is 0 Å². The number of hydrogen-bond acceptors (Lipinski definition) is 6. The second-order valence-electron chi connectivity index (χ2n) is 6.81. The van der Waals surface area contributed by atoms with Crippen molar-refractivity contribution in [1.82, 2.24) is 5.32 Å². The minimum Gasteiger partial charge on any atom is -0.481 e. The van der Waals surface area contributed by atoms with Crippen molar-refractivity contribution in [2.24, 2.45) is 0 Å². The molecule has 7 nitrogen and oxygen atoms in total. The average molecular weight is 339 g/mol. The molecule has 0 unspecified atom stereocenters. The van der Waals surface area contributed by atoms with Gasteiger partial charge in [-0.2, -0.15) is 8.42 Å². The van der Waals surface area contributed by atoms with Gasteiger partial charge in [-0.3, -0.25) is 8.98 Å². The van der Waals surface area contributed by atoms with Crippen molar-refractivity contribution < 1.29 is 27.2 Å². The van der Waals surface area contributed by atoms with Gasteiger partial charge in [-0.25, -0.2) is 0 Å². The fourth-order valence-corrected chi connectivity index (χ4v) is 2.39. The van der Waals surface area contributed by atoms with Crippen LogP contribution in [0.5, 0.6) is 0 Å². The van der Waals surface area contributed by atoms with Crippen LogP contribution in [-0.2, 0) is 23.8 Å². The Labute approximate surface area is 133 Å². The highest BCUT2D eigenvalue weighted by Gasteiger charge is 2.23. The van der Waals surface area contributed by atoms with Gasteiger partial charge in [0.15, 0.2) is 0 Å². The van der Waals surface area contributed by atoms with Crippen molar-refractivity contribution >= 4 is 16.1 Å². The Balaban J connectivity index is 4.08. The summed E-state index contributed by atoms with van der Waals surface area (Å²) in [5.74, 6) is -0.995. The molecule has 0 bridgehead atoms. The summed E-state index contributed by atoms with van der Waals surface area (Å²) in [4.78, 5) is 10.4. The average Bonchev–Trinajstić information content (AvgIpc) is 2.31. The number of hydrogen-bond donors (Lipinski definition) is 2. The maximum Gasteiger partial charge on any atom is 0.303 e. The van der Waals surface area contributed by atoms with Crippen LogP contribution < -0.4 is 5.32 Å². The third-order valence-corrected chi connectivity index (χ3v) is 3.80. The topological polar surface area (TPSA) is 102 Å². The largest absolute Gasteiger partial charge is 0.481 e. The lowest BCUT2D eigenvalue weighted by Gasteiger charge is -2.25. The minimum atomic E-state index is -3.62. The van der Waals surface area contributed by atoms with Gasteiger partial charge in [-0.05, 0) is 41.0 Å². The van der Waals surface area contributed by atoms with Crippen LogP contribution >= 0.6 is 0 Å². The number of rotatable bonds is 11. The lowest BCUT2D eigenvalue weighted by molar-refractivity contribution is -0.137. The van der Waals surface area contributed by atoms with Crippen LogP contribution in [0.1, 0.15) is 47.5 Å². The molecule has 0 spiro atoms. The van der Waals surface area contributed by atoms with Crippen molar-refractivity contribution in [1.29, 1.82) is 0 Å². The Kier molecular flexibility index (Phi) is 8.53. The molecule has 0 saturated carbocycles. The smallest absolute Gasteiger partial charge is 0.303 e. The second kappa shape index (κ2) is 8.81. The quantitative estimate of drug-likeness (QED) is 0.433. The lowest BCUT2D eigenvalue weighted by atomic mass is 10.1. The number of carboxylic acid groups (broad SMARTS) is 1. The molecule has 0 aromatic rings. The van der Waals surface area contributed by atoms with Crippen LogP contribution in [0.25, 0.3) is 0 Å². The number of carbonyl (C=O) groups is 1. The van der Waals surface area contributed by atoms with Gasteiger partial charge >= 0.3 is 5.97 Å². The molecule has 0 rings (SSSR count). The SMILES string of the molecule is CC(C)(C)NCCS(=O)(=O)OCC(C)(C)OCCCC(=O)O. The summed E-state index contributed by atoms with van der Waals surface area (Å²) in [5.41, 5.74) is -0.939. The predicted molar refractivity (Wildman–Crippen MR) is 84.4 cm³/mol. The zero-order valence-electron chi connectivity index (χ0n) is 14.1. The molecule has 0 heterocycles. The molecule has 0 aliphatic heterocycles. The number of aliphatic carboxylic acids is 1. The normalized spacial score (nSPS) is 13.3. The van der Waals surface area contributed by atoms with E-state index in [1.807, 2.05) is 20.8 Å². The number of nitrogens with one attached hydrogen (secondary N) is 1. The first-order valence-corrected chi connectivity index (χ1v) is 8.89. The molecule has 132 valence electrons. The first kappa shape index (κ1) is 21.3. The number of ether oxygens (including phenoxy) is 1. The Morgan fingerprint density at radius 3 is 2.27 bits per heavy atom. The molecule has 0 aromatic carbocycles. The van der Waals surface area contributed by atoms with Gasteiger partial charge in [0.25, 0.3) is 10.1 Å². The van der Waals surface area contributed by atoms with Gasteiger partial charge in [-0.15, -0.1) is 0 Å². The maximum absolute atomic E-state index is 11.8. The van der Waals surface area contributed by atoms with E-state index in [4.69, 9.17) is 14.0 Å². The van der Waals surface area contributed by atoms with Gasteiger partial charge in [0.1, 0.15) is 0 Å². The van der Waals surface area contributed by atoms with Crippen molar-refractivity contribution in [3.8, 4) is 0 Å². The molecule has 0 saturated heterocycles. The monoisotopic (exact) mass is 339 g/mol. The van der Waals surface area contributed by atoms with Gasteiger partial charge in [-0.1, -0.05) is 0 Å². The van der Waals surface area contributed by atoms with Gasteiger partial charge < -0.3 is 15.2 Å². The van der Waals surface area contributed by atoms with Crippen molar-refractivity contribution in [2.45, 2.75) is 58.6 Å². The summed E-state index contributed by atoms with van der Waals surface area (Å²) in [6.45, 7) is 9.73. The van der Waals surface area contributed by atoms with Gasteiger partial charge in [0.2, 0.25) is 0 Å². The molecule has 8 heteroatoms. The van der Waals surface area contributed by atoms with Crippen LogP contribution in [0.2, 0.25) is 0 Å². The standard InChI is InChI=1S/C14H29NO6S/c1-13(2,3)15-8-10-22(18,19)21-11-14(4,5)20-9-6-7-12(16)17/h15H,6-11H2,1-5H3,(H,16,17). The van der Waals surface area contributed by atoms with Crippen LogP contribution in [0.3, 0.4) is 0 Å². The summed E-state index contributed by atoms with van der Waals surface area (Å²) >= 11 is 0. The Morgan fingerprint density at radius 2 is 1.77 bits per heavy atom.